The third-order valence-corrected chi connectivity index (χ3v) is 5.23. The van der Waals surface area contributed by atoms with Gasteiger partial charge < -0.3 is 0 Å². The number of alkyl halides is 3. The number of amides is 1. The Hall–Kier alpha value is -1.61. The molecule has 1 aromatic carbocycles. The van der Waals surface area contributed by atoms with Gasteiger partial charge in [-0.1, -0.05) is 19.1 Å². The molecule has 0 bridgehead atoms. The lowest BCUT2D eigenvalue weighted by Crippen LogP contribution is -2.49. The van der Waals surface area contributed by atoms with Gasteiger partial charge >= 0.3 is 16.4 Å². The van der Waals surface area contributed by atoms with Crippen molar-refractivity contribution in [1.29, 1.82) is 0 Å². The summed E-state index contributed by atoms with van der Waals surface area (Å²) in [6, 6.07) is 4.48. The Morgan fingerprint density at radius 2 is 1.83 bits per heavy atom. The maximum atomic E-state index is 12.5. The predicted octanol–water partition coefficient (Wildman–Crippen LogP) is 2.27. The first kappa shape index (κ1) is 17.7. The SMILES string of the molecule is CC(CC(=O)NS(=O)(=O)N1CCC1)c1ccc(C(F)(F)F)cc1. The van der Waals surface area contributed by atoms with E-state index >= 15 is 0 Å². The molecule has 0 saturated carbocycles. The molecule has 23 heavy (non-hydrogen) atoms. The minimum atomic E-state index is -4.41. The second-order valence-electron chi connectivity index (χ2n) is 5.51. The summed E-state index contributed by atoms with van der Waals surface area (Å²) >= 11 is 0. The van der Waals surface area contributed by atoms with Gasteiger partial charge in [-0.3, -0.25) is 4.79 Å². The molecule has 0 aliphatic carbocycles. The predicted molar refractivity (Wildman–Crippen MR) is 77.7 cm³/mol. The van der Waals surface area contributed by atoms with Gasteiger partial charge in [0.05, 0.1) is 5.56 Å². The van der Waals surface area contributed by atoms with Crippen LogP contribution in [0.2, 0.25) is 0 Å². The van der Waals surface area contributed by atoms with Crippen molar-refractivity contribution in [1.82, 2.24) is 9.03 Å². The van der Waals surface area contributed by atoms with Crippen LogP contribution in [-0.2, 0) is 21.2 Å². The maximum absolute atomic E-state index is 12.5. The van der Waals surface area contributed by atoms with Crippen molar-refractivity contribution >= 4 is 16.1 Å². The van der Waals surface area contributed by atoms with Crippen molar-refractivity contribution in [2.75, 3.05) is 13.1 Å². The third kappa shape index (κ3) is 4.44. The lowest BCUT2D eigenvalue weighted by molar-refractivity contribution is -0.137. The zero-order valence-electron chi connectivity index (χ0n) is 12.4. The van der Waals surface area contributed by atoms with Crippen LogP contribution in [0.1, 0.15) is 36.8 Å². The van der Waals surface area contributed by atoms with Crippen molar-refractivity contribution in [2.24, 2.45) is 0 Å². The highest BCUT2D eigenvalue weighted by Gasteiger charge is 2.31. The first-order valence-electron chi connectivity index (χ1n) is 7.07. The number of halogens is 3. The number of carbonyl (C=O) groups is 1. The molecule has 1 amide bonds. The van der Waals surface area contributed by atoms with E-state index < -0.39 is 33.8 Å². The molecule has 1 unspecified atom stereocenters. The normalized spacial score (nSPS) is 17.4. The Bertz CT molecular complexity index is 668. The molecule has 1 atom stereocenters. The van der Waals surface area contributed by atoms with E-state index in [4.69, 9.17) is 0 Å². The number of nitrogens with one attached hydrogen (secondary N) is 1. The number of rotatable bonds is 5. The summed E-state index contributed by atoms with van der Waals surface area (Å²) in [4.78, 5) is 11.8. The van der Waals surface area contributed by atoms with Gasteiger partial charge in [0.15, 0.2) is 0 Å². The summed E-state index contributed by atoms with van der Waals surface area (Å²) < 4.78 is 64.2. The van der Waals surface area contributed by atoms with Crippen LogP contribution in [0.15, 0.2) is 24.3 Å². The molecule has 0 spiro atoms. The number of carbonyl (C=O) groups excluding carboxylic acids is 1. The van der Waals surface area contributed by atoms with E-state index in [9.17, 15) is 26.4 Å². The topological polar surface area (TPSA) is 66.5 Å². The van der Waals surface area contributed by atoms with Gasteiger partial charge in [-0.15, -0.1) is 0 Å². The van der Waals surface area contributed by atoms with Crippen molar-refractivity contribution in [3.05, 3.63) is 35.4 Å². The van der Waals surface area contributed by atoms with Crippen molar-refractivity contribution < 1.29 is 26.4 Å². The van der Waals surface area contributed by atoms with Crippen LogP contribution in [0.4, 0.5) is 13.2 Å². The lowest BCUT2D eigenvalue weighted by Gasteiger charge is -2.29. The quantitative estimate of drug-likeness (QED) is 0.886. The fourth-order valence-electron chi connectivity index (χ4n) is 2.17. The van der Waals surface area contributed by atoms with Crippen LogP contribution in [-0.4, -0.2) is 31.7 Å². The van der Waals surface area contributed by atoms with E-state index in [1.165, 1.54) is 12.1 Å². The minimum absolute atomic E-state index is 0.127. The molecule has 1 aliphatic heterocycles. The van der Waals surface area contributed by atoms with Crippen LogP contribution in [0, 0.1) is 0 Å². The van der Waals surface area contributed by atoms with Crippen LogP contribution < -0.4 is 4.72 Å². The van der Waals surface area contributed by atoms with Gasteiger partial charge in [0.25, 0.3) is 0 Å². The van der Waals surface area contributed by atoms with Gasteiger partial charge in [0.1, 0.15) is 0 Å². The Balaban J connectivity index is 1.95. The smallest absolute Gasteiger partial charge is 0.274 e. The van der Waals surface area contributed by atoms with E-state index in [-0.39, 0.29) is 6.42 Å². The maximum Gasteiger partial charge on any atom is 0.416 e. The fourth-order valence-corrected chi connectivity index (χ4v) is 3.41. The van der Waals surface area contributed by atoms with Gasteiger partial charge in [0.2, 0.25) is 5.91 Å². The Labute approximate surface area is 132 Å². The Kier molecular flexibility index (Phi) is 5.00. The molecule has 5 nitrogen and oxygen atoms in total. The summed E-state index contributed by atoms with van der Waals surface area (Å²) in [6.07, 6.45) is -3.78. The third-order valence-electron chi connectivity index (χ3n) is 3.70. The molecule has 1 N–H and O–H groups in total. The fraction of sp³-hybridized carbons (Fsp3) is 0.500. The van der Waals surface area contributed by atoms with E-state index in [0.29, 0.717) is 18.7 Å². The number of benzene rings is 1. The molecule has 0 aromatic heterocycles. The van der Waals surface area contributed by atoms with Crippen molar-refractivity contribution in [3.63, 3.8) is 0 Å². The molecule has 1 saturated heterocycles. The molecule has 1 aliphatic rings. The number of hydrogen-bond donors (Lipinski definition) is 1. The second kappa shape index (κ2) is 6.48. The van der Waals surface area contributed by atoms with E-state index in [1.54, 1.807) is 6.92 Å². The Morgan fingerprint density at radius 3 is 2.26 bits per heavy atom. The summed E-state index contributed by atoms with van der Waals surface area (Å²) in [5.74, 6) is -1.08. The number of nitrogens with zero attached hydrogens (tertiary/aromatic N) is 1. The first-order valence-corrected chi connectivity index (χ1v) is 8.51. The van der Waals surface area contributed by atoms with Gasteiger partial charge in [-0.05, 0) is 30.0 Å². The summed E-state index contributed by atoms with van der Waals surface area (Å²) in [5, 5.41) is 0. The summed E-state index contributed by atoms with van der Waals surface area (Å²) in [6.45, 7) is 2.42. The molecule has 1 heterocycles. The van der Waals surface area contributed by atoms with Crippen molar-refractivity contribution in [2.45, 2.75) is 31.9 Å². The highest BCUT2D eigenvalue weighted by molar-refractivity contribution is 7.87. The second-order valence-corrected chi connectivity index (χ2v) is 7.18. The molecular formula is C14H17F3N2O3S. The van der Waals surface area contributed by atoms with Gasteiger partial charge in [0, 0.05) is 19.5 Å². The first-order chi connectivity index (χ1) is 10.6. The average molecular weight is 350 g/mol. The summed E-state index contributed by atoms with van der Waals surface area (Å²) in [5.41, 5.74) is -0.229. The number of hydrogen-bond acceptors (Lipinski definition) is 3. The molecule has 1 fully saturated rings. The van der Waals surface area contributed by atoms with E-state index in [2.05, 4.69) is 0 Å². The zero-order valence-corrected chi connectivity index (χ0v) is 13.2. The van der Waals surface area contributed by atoms with E-state index in [1.807, 2.05) is 4.72 Å². The van der Waals surface area contributed by atoms with Gasteiger partial charge in [-0.25, -0.2) is 4.72 Å². The average Bonchev–Trinajstić information content (AvgIpc) is 2.34. The minimum Gasteiger partial charge on any atom is -0.274 e. The van der Waals surface area contributed by atoms with Crippen LogP contribution in [0.25, 0.3) is 0 Å². The van der Waals surface area contributed by atoms with Crippen molar-refractivity contribution in [3.8, 4) is 0 Å². The van der Waals surface area contributed by atoms with Crippen LogP contribution >= 0.6 is 0 Å². The largest absolute Gasteiger partial charge is 0.416 e. The highest BCUT2D eigenvalue weighted by Crippen LogP contribution is 2.30. The van der Waals surface area contributed by atoms with E-state index in [0.717, 1.165) is 22.9 Å². The molecule has 0 radical (unpaired) electrons. The molecule has 128 valence electrons. The lowest BCUT2D eigenvalue weighted by atomic mass is 9.96. The Morgan fingerprint density at radius 1 is 1.26 bits per heavy atom. The van der Waals surface area contributed by atoms with Gasteiger partial charge in [-0.2, -0.15) is 25.9 Å². The summed E-state index contributed by atoms with van der Waals surface area (Å²) in [7, 11) is -3.79. The zero-order chi connectivity index (χ0) is 17.3. The molecule has 9 heteroatoms. The monoisotopic (exact) mass is 350 g/mol. The highest BCUT2D eigenvalue weighted by atomic mass is 32.2. The van der Waals surface area contributed by atoms with Crippen LogP contribution in [0.5, 0.6) is 0 Å². The van der Waals surface area contributed by atoms with Crippen LogP contribution in [0.3, 0.4) is 0 Å². The molecular weight excluding hydrogens is 333 g/mol. The molecule has 1 aromatic rings. The molecule has 2 rings (SSSR count). The standard InChI is InChI=1S/C14H17F3N2O3S/c1-10(11-3-5-12(6-4-11)14(15,16)17)9-13(20)18-23(21,22)19-7-2-8-19/h3-6,10H,2,7-9H2,1H3,(H,18,20).